The maximum absolute atomic E-state index is 13.0. The summed E-state index contributed by atoms with van der Waals surface area (Å²) in [6.45, 7) is 13.6. The number of benzene rings is 2. The van der Waals surface area contributed by atoms with Crippen LogP contribution in [-0.4, -0.2) is 99.7 Å². The maximum atomic E-state index is 13.0. The van der Waals surface area contributed by atoms with Gasteiger partial charge in [0, 0.05) is 67.9 Å². The molecule has 2 saturated heterocycles. The third kappa shape index (κ3) is 8.82. The number of hydrogen-bond donors (Lipinski definition) is 2. The fraction of sp³-hybridized carbons (Fsp3) is 0.469. The number of carbonyl (C=O) groups excluding carboxylic acids is 1. The highest BCUT2D eigenvalue weighted by molar-refractivity contribution is 8.00. The summed E-state index contributed by atoms with van der Waals surface area (Å²) in [5, 5.41) is 10.7. The molecule has 0 spiro atoms. The summed E-state index contributed by atoms with van der Waals surface area (Å²) in [5.74, 6) is 6.51. The third-order valence-electron chi connectivity index (χ3n) is 7.76. The van der Waals surface area contributed by atoms with Gasteiger partial charge in [0.05, 0.1) is 24.6 Å². The second-order valence-corrected chi connectivity index (χ2v) is 15.0. The van der Waals surface area contributed by atoms with E-state index in [1.165, 1.54) is 5.56 Å². The maximum Gasteiger partial charge on any atom is 0.324 e. The van der Waals surface area contributed by atoms with E-state index in [2.05, 4.69) is 59.2 Å². The number of nitrogens with zero attached hydrogens (tertiary/aromatic N) is 4. The SMILES string of the molecule is C=S1(=O)CCN(Cc2ccc(-n3nc(C(C)(C)C)cc3NC(=O)Nc3ccc(OCCN4CCOCC4)cc3)cc2)CC1. The number of amides is 2. The van der Waals surface area contributed by atoms with Gasteiger partial charge in [-0.05, 0) is 57.4 Å². The molecule has 11 heteroatoms. The largest absolute Gasteiger partial charge is 0.492 e. The van der Waals surface area contributed by atoms with E-state index in [-0.39, 0.29) is 11.4 Å². The fourth-order valence-corrected chi connectivity index (χ4v) is 6.41. The average molecular weight is 609 g/mol. The molecule has 0 unspecified atom stereocenters. The Morgan fingerprint density at radius 1 is 0.977 bits per heavy atom. The van der Waals surface area contributed by atoms with Gasteiger partial charge in [0.1, 0.15) is 18.2 Å². The van der Waals surface area contributed by atoms with Crippen molar-refractivity contribution in [1.29, 1.82) is 0 Å². The first-order chi connectivity index (χ1) is 20.5. The van der Waals surface area contributed by atoms with Gasteiger partial charge in [-0.25, -0.2) is 9.48 Å². The van der Waals surface area contributed by atoms with Crippen LogP contribution in [0.3, 0.4) is 0 Å². The van der Waals surface area contributed by atoms with Crippen LogP contribution in [0, 0.1) is 0 Å². The molecule has 2 fully saturated rings. The summed E-state index contributed by atoms with van der Waals surface area (Å²) >= 11 is 0. The van der Waals surface area contributed by atoms with Gasteiger partial charge in [-0.3, -0.25) is 19.3 Å². The van der Waals surface area contributed by atoms with Gasteiger partial charge in [-0.1, -0.05) is 32.9 Å². The van der Waals surface area contributed by atoms with E-state index in [0.717, 1.165) is 69.6 Å². The Hall–Kier alpha value is -3.38. The number of anilines is 2. The van der Waals surface area contributed by atoms with Crippen molar-refractivity contribution >= 4 is 32.9 Å². The first-order valence-electron chi connectivity index (χ1n) is 14.9. The summed E-state index contributed by atoms with van der Waals surface area (Å²) in [6, 6.07) is 17.1. The molecule has 232 valence electrons. The lowest BCUT2D eigenvalue weighted by molar-refractivity contribution is 0.0322. The summed E-state index contributed by atoms with van der Waals surface area (Å²) in [7, 11) is -1.91. The molecule has 10 nitrogen and oxygen atoms in total. The van der Waals surface area contributed by atoms with Crippen LogP contribution in [0.15, 0.2) is 54.6 Å². The zero-order valence-electron chi connectivity index (χ0n) is 25.5. The van der Waals surface area contributed by atoms with Crippen LogP contribution < -0.4 is 15.4 Å². The number of carbonyl (C=O) groups is 1. The molecule has 1 aromatic heterocycles. The zero-order chi connectivity index (χ0) is 30.5. The molecular formula is C32H44N6O4S. The molecule has 2 aliphatic heterocycles. The molecule has 0 radical (unpaired) electrons. The second-order valence-electron chi connectivity index (χ2n) is 12.3. The number of hydrogen-bond acceptors (Lipinski definition) is 7. The highest BCUT2D eigenvalue weighted by Gasteiger charge is 2.22. The van der Waals surface area contributed by atoms with Gasteiger partial charge in [0.15, 0.2) is 0 Å². The Kier molecular flexibility index (Phi) is 9.75. The van der Waals surface area contributed by atoms with E-state index in [4.69, 9.17) is 14.6 Å². The van der Waals surface area contributed by atoms with Crippen LogP contribution in [-0.2, 0) is 26.2 Å². The van der Waals surface area contributed by atoms with Crippen LogP contribution in [0.5, 0.6) is 5.75 Å². The topological polar surface area (TPSA) is 101 Å². The summed E-state index contributed by atoms with van der Waals surface area (Å²) < 4.78 is 25.2. The van der Waals surface area contributed by atoms with Crippen molar-refractivity contribution in [3.8, 4) is 11.4 Å². The Morgan fingerprint density at radius 2 is 1.65 bits per heavy atom. The van der Waals surface area contributed by atoms with Gasteiger partial charge in [0.2, 0.25) is 0 Å². The third-order valence-corrected chi connectivity index (χ3v) is 9.61. The quantitative estimate of drug-likeness (QED) is 0.354. The first kappa shape index (κ1) is 31.1. The van der Waals surface area contributed by atoms with E-state index in [0.29, 0.717) is 29.6 Å². The van der Waals surface area contributed by atoms with Gasteiger partial charge in [-0.2, -0.15) is 5.10 Å². The molecule has 43 heavy (non-hydrogen) atoms. The average Bonchev–Trinajstić information content (AvgIpc) is 3.40. The van der Waals surface area contributed by atoms with Crippen molar-refractivity contribution < 1.29 is 18.5 Å². The molecule has 2 amide bonds. The van der Waals surface area contributed by atoms with Crippen molar-refractivity contribution in [1.82, 2.24) is 19.6 Å². The minimum Gasteiger partial charge on any atom is -0.492 e. The Bertz CT molecular complexity index is 1460. The molecule has 2 aromatic carbocycles. The fourth-order valence-electron chi connectivity index (χ4n) is 5.03. The van der Waals surface area contributed by atoms with Crippen molar-refractivity contribution in [2.75, 3.05) is 74.7 Å². The molecule has 3 heterocycles. The van der Waals surface area contributed by atoms with Crippen LogP contribution in [0.1, 0.15) is 32.0 Å². The predicted molar refractivity (Wildman–Crippen MR) is 174 cm³/mol. The number of aromatic nitrogens is 2. The lowest BCUT2D eigenvalue weighted by Crippen LogP contribution is -2.39. The second kappa shape index (κ2) is 13.5. The van der Waals surface area contributed by atoms with Gasteiger partial charge < -0.3 is 14.8 Å². The smallest absolute Gasteiger partial charge is 0.324 e. The lowest BCUT2D eigenvalue weighted by Gasteiger charge is -2.28. The summed E-state index contributed by atoms with van der Waals surface area (Å²) in [5.41, 5.74) is 3.36. The van der Waals surface area contributed by atoms with Crippen LogP contribution in [0.2, 0.25) is 0 Å². The number of morpholine rings is 1. The van der Waals surface area contributed by atoms with E-state index in [9.17, 15) is 9.00 Å². The molecule has 0 bridgehead atoms. The predicted octanol–water partition coefficient (Wildman–Crippen LogP) is 4.06. The standard InChI is InChI=1S/C32H44N6O4S/c1-32(2,3)29-23-30(38(35-29)27-9-5-25(6-10-27)24-37-16-21-43(4,40)22-17-37)34-31(39)33-26-7-11-28(12-8-26)42-20-15-36-13-18-41-19-14-36/h5-12,23H,4,13-22,24H2,1-3H3,(H2,33,34,39). The van der Waals surface area contributed by atoms with Crippen molar-refractivity contribution in [3.63, 3.8) is 0 Å². The monoisotopic (exact) mass is 608 g/mol. The van der Waals surface area contributed by atoms with Crippen LogP contribution in [0.25, 0.3) is 5.69 Å². The number of urea groups is 1. The zero-order valence-corrected chi connectivity index (χ0v) is 26.3. The van der Waals surface area contributed by atoms with Crippen LogP contribution in [0.4, 0.5) is 16.3 Å². The lowest BCUT2D eigenvalue weighted by atomic mass is 9.92. The highest BCUT2D eigenvalue weighted by atomic mass is 32.2. The number of ether oxygens (including phenoxy) is 2. The van der Waals surface area contributed by atoms with E-state index in [1.54, 1.807) is 4.68 Å². The Labute approximate surface area is 255 Å². The molecule has 2 aliphatic rings. The molecule has 0 saturated carbocycles. The van der Waals surface area contributed by atoms with Gasteiger partial charge in [-0.15, -0.1) is 0 Å². The Morgan fingerprint density at radius 3 is 2.30 bits per heavy atom. The minimum absolute atomic E-state index is 0.198. The van der Waals surface area contributed by atoms with Crippen molar-refractivity contribution in [2.24, 2.45) is 0 Å². The molecule has 2 N–H and O–H groups in total. The first-order valence-corrected chi connectivity index (χ1v) is 17.0. The molecule has 5 rings (SSSR count). The minimum atomic E-state index is -1.91. The summed E-state index contributed by atoms with van der Waals surface area (Å²) in [4.78, 5) is 17.7. The Balaban J connectivity index is 1.20. The molecule has 0 aliphatic carbocycles. The summed E-state index contributed by atoms with van der Waals surface area (Å²) in [6.07, 6.45) is 0. The number of rotatable bonds is 9. The highest BCUT2D eigenvalue weighted by Crippen LogP contribution is 2.27. The number of nitrogens with one attached hydrogen (secondary N) is 2. The van der Waals surface area contributed by atoms with Crippen LogP contribution >= 0.6 is 0 Å². The molecular weight excluding hydrogens is 564 g/mol. The van der Waals surface area contributed by atoms with E-state index < -0.39 is 9.52 Å². The van der Waals surface area contributed by atoms with E-state index >= 15 is 0 Å². The van der Waals surface area contributed by atoms with Crippen molar-refractivity contribution in [3.05, 3.63) is 65.9 Å². The van der Waals surface area contributed by atoms with Crippen molar-refractivity contribution in [2.45, 2.75) is 32.7 Å². The normalized spacial score (nSPS) is 17.8. The molecule has 3 aromatic rings. The van der Waals surface area contributed by atoms with E-state index in [1.807, 2.05) is 42.5 Å². The van der Waals surface area contributed by atoms with Gasteiger partial charge >= 0.3 is 6.03 Å². The van der Waals surface area contributed by atoms with Gasteiger partial charge in [0.25, 0.3) is 0 Å². The molecule has 0 atom stereocenters.